The Kier molecular flexibility index (Phi) is 11.5. The van der Waals surface area contributed by atoms with Crippen molar-refractivity contribution in [3.05, 3.63) is 91.5 Å². The molecule has 2 aliphatic rings. The van der Waals surface area contributed by atoms with Gasteiger partial charge in [-0.15, -0.1) is 0 Å². The second kappa shape index (κ2) is 14.9. The SMILES string of the molecule is COC(=O)C1=C(CF)NC(COCCN2CCN(Cc3ccc(Cl)cc3)CC2)=C(C(=O)O)C1c1c(F)ccc(Cl)c1C(F)(F)F. The maximum absolute atomic E-state index is 15.3. The lowest BCUT2D eigenvalue weighted by molar-refractivity contribution is -0.140. The van der Waals surface area contributed by atoms with Crippen LogP contribution in [0, 0.1) is 5.82 Å². The average molecular weight is 678 g/mol. The van der Waals surface area contributed by atoms with Crippen molar-refractivity contribution < 1.29 is 46.1 Å². The van der Waals surface area contributed by atoms with E-state index < -0.39 is 76.1 Å². The number of esters is 1. The fraction of sp³-hybridized carbons (Fsp3) is 0.400. The van der Waals surface area contributed by atoms with Gasteiger partial charge in [0.25, 0.3) is 0 Å². The summed E-state index contributed by atoms with van der Waals surface area (Å²) < 4.78 is 82.3. The molecular formula is C30H30Cl2F5N3O5. The Morgan fingerprint density at radius 1 is 1.00 bits per heavy atom. The number of benzene rings is 2. The molecule has 45 heavy (non-hydrogen) atoms. The molecule has 0 saturated carbocycles. The van der Waals surface area contributed by atoms with Gasteiger partial charge in [-0.05, 0) is 29.8 Å². The number of nitrogens with one attached hydrogen (secondary N) is 1. The number of carbonyl (C=O) groups is 2. The van der Waals surface area contributed by atoms with Gasteiger partial charge in [-0.1, -0.05) is 35.3 Å². The molecule has 15 heteroatoms. The fourth-order valence-corrected chi connectivity index (χ4v) is 5.84. The lowest BCUT2D eigenvalue weighted by atomic mass is 9.78. The summed E-state index contributed by atoms with van der Waals surface area (Å²) in [7, 11) is 0.877. The van der Waals surface area contributed by atoms with Crippen LogP contribution >= 0.6 is 23.2 Å². The number of aliphatic carboxylic acids is 1. The highest BCUT2D eigenvalue weighted by Gasteiger charge is 2.46. The predicted molar refractivity (Wildman–Crippen MR) is 156 cm³/mol. The molecular weight excluding hydrogens is 648 g/mol. The molecule has 0 amide bonds. The number of methoxy groups -OCH3 is 1. The zero-order valence-corrected chi connectivity index (χ0v) is 25.5. The van der Waals surface area contributed by atoms with Crippen molar-refractivity contribution in [3.8, 4) is 0 Å². The zero-order chi connectivity index (χ0) is 32.9. The van der Waals surface area contributed by atoms with Crippen molar-refractivity contribution in [1.82, 2.24) is 15.1 Å². The molecule has 244 valence electrons. The van der Waals surface area contributed by atoms with Gasteiger partial charge in [0.15, 0.2) is 0 Å². The molecule has 0 bridgehead atoms. The van der Waals surface area contributed by atoms with Crippen LogP contribution in [-0.2, 0) is 31.8 Å². The first-order valence-corrected chi connectivity index (χ1v) is 14.5. The quantitative estimate of drug-likeness (QED) is 0.186. The standard InChI is InChI=1S/C30H30Cl2F5N3O5/c1-44-29(43)25-21(14-33)38-22(24(28(41)42)26(25)23-20(34)7-6-19(32)27(23)30(35,36)37)16-45-13-12-39-8-10-40(11-9-39)15-17-2-4-18(31)5-3-17/h2-7,26,38H,8-16H2,1H3,(H,41,42). The van der Waals surface area contributed by atoms with Gasteiger partial charge >= 0.3 is 18.1 Å². The number of piperazine rings is 1. The van der Waals surface area contributed by atoms with Crippen LogP contribution < -0.4 is 5.32 Å². The Morgan fingerprint density at radius 3 is 2.22 bits per heavy atom. The van der Waals surface area contributed by atoms with Crippen molar-refractivity contribution in [2.45, 2.75) is 18.6 Å². The molecule has 1 fully saturated rings. The third-order valence-corrected chi connectivity index (χ3v) is 8.16. The molecule has 1 atom stereocenters. The normalized spacial score (nSPS) is 18.3. The lowest BCUT2D eigenvalue weighted by Gasteiger charge is -2.35. The molecule has 2 N–H and O–H groups in total. The largest absolute Gasteiger partial charge is 0.478 e. The number of ether oxygens (including phenoxy) is 2. The van der Waals surface area contributed by atoms with E-state index in [4.69, 9.17) is 27.9 Å². The van der Waals surface area contributed by atoms with Gasteiger partial charge in [-0.25, -0.2) is 18.4 Å². The second-order valence-corrected chi connectivity index (χ2v) is 11.2. The van der Waals surface area contributed by atoms with E-state index in [2.05, 4.69) is 19.9 Å². The minimum absolute atomic E-state index is 0.0950. The Morgan fingerprint density at radius 2 is 1.64 bits per heavy atom. The van der Waals surface area contributed by atoms with Gasteiger partial charge in [-0.2, -0.15) is 13.2 Å². The average Bonchev–Trinajstić information content (AvgIpc) is 3.00. The Balaban J connectivity index is 1.53. The minimum Gasteiger partial charge on any atom is -0.478 e. The molecule has 1 unspecified atom stereocenters. The van der Waals surface area contributed by atoms with Crippen LogP contribution in [-0.4, -0.2) is 86.6 Å². The summed E-state index contributed by atoms with van der Waals surface area (Å²) in [6.45, 7) is 2.41. The van der Waals surface area contributed by atoms with Crippen LogP contribution in [0.4, 0.5) is 22.0 Å². The molecule has 0 spiro atoms. The van der Waals surface area contributed by atoms with Gasteiger partial charge in [0.1, 0.15) is 12.5 Å². The third-order valence-electron chi connectivity index (χ3n) is 7.59. The molecule has 8 nitrogen and oxygen atoms in total. The maximum atomic E-state index is 15.3. The maximum Gasteiger partial charge on any atom is 0.418 e. The van der Waals surface area contributed by atoms with Gasteiger partial charge in [0.2, 0.25) is 0 Å². The third kappa shape index (κ3) is 8.14. The van der Waals surface area contributed by atoms with E-state index in [-0.39, 0.29) is 12.3 Å². The van der Waals surface area contributed by atoms with Crippen LogP contribution in [0.3, 0.4) is 0 Å². The summed E-state index contributed by atoms with van der Waals surface area (Å²) >= 11 is 11.8. The van der Waals surface area contributed by atoms with E-state index in [0.29, 0.717) is 23.7 Å². The Labute approximate surface area is 266 Å². The Hall–Kier alpha value is -3.23. The first-order valence-electron chi connectivity index (χ1n) is 13.8. The number of carboxylic acids is 1. The summed E-state index contributed by atoms with van der Waals surface area (Å²) in [5.74, 6) is -6.84. The van der Waals surface area contributed by atoms with Gasteiger partial charge in [0, 0.05) is 49.9 Å². The molecule has 0 aliphatic carbocycles. The molecule has 2 heterocycles. The first-order chi connectivity index (χ1) is 21.3. The van der Waals surface area contributed by atoms with E-state index >= 15 is 4.39 Å². The molecule has 2 aromatic carbocycles. The number of dihydropyridines is 1. The van der Waals surface area contributed by atoms with Crippen molar-refractivity contribution in [3.63, 3.8) is 0 Å². The highest BCUT2D eigenvalue weighted by molar-refractivity contribution is 6.31. The predicted octanol–water partition coefficient (Wildman–Crippen LogP) is 5.41. The zero-order valence-electron chi connectivity index (χ0n) is 24.0. The number of alkyl halides is 4. The van der Waals surface area contributed by atoms with Crippen LogP contribution in [0.1, 0.15) is 22.6 Å². The lowest BCUT2D eigenvalue weighted by Crippen LogP contribution is -2.46. The van der Waals surface area contributed by atoms with Crippen molar-refractivity contribution >= 4 is 35.1 Å². The molecule has 2 aliphatic heterocycles. The summed E-state index contributed by atoms with van der Waals surface area (Å²) in [4.78, 5) is 29.7. The number of hydrogen-bond acceptors (Lipinski definition) is 7. The van der Waals surface area contributed by atoms with Gasteiger partial charge < -0.3 is 19.9 Å². The highest BCUT2D eigenvalue weighted by Crippen LogP contribution is 2.47. The fourth-order valence-electron chi connectivity index (χ4n) is 5.45. The highest BCUT2D eigenvalue weighted by atomic mass is 35.5. The van der Waals surface area contributed by atoms with E-state index in [1.54, 1.807) is 0 Å². The van der Waals surface area contributed by atoms with E-state index in [1.165, 1.54) is 0 Å². The molecule has 1 saturated heterocycles. The molecule has 0 aromatic heterocycles. The van der Waals surface area contributed by atoms with Crippen LogP contribution in [0.25, 0.3) is 0 Å². The Bertz CT molecular complexity index is 1480. The number of hydrogen-bond donors (Lipinski definition) is 2. The van der Waals surface area contributed by atoms with Crippen molar-refractivity contribution in [2.75, 3.05) is 59.7 Å². The summed E-state index contributed by atoms with van der Waals surface area (Å²) in [6.07, 6.45) is -5.25. The molecule has 4 rings (SSSR count). The number of allylic oxidation sites excluding steroid dienone is 1. The van der Waals surface area contributed by atoms with E-state index in [9.17, 15) is 32.3 Å². The van der Waals surface area contributed by atoms with Crippen LogP contribution in [0.2, 0.25) is 10.0 Å². The van der Waals surface area contributed by atoms with Gasteiger partial charge in [0.05, 0.1) is 59.4 Å². The van der Waals surface area contributed by atoms with Gasteiger partial charge in [-0.3, -0.25) is 9.80 Å². The van der Waals surface area contributed by atoms with Crippen LogP contribution in [0.15, 0.2) is 58.9 Å². The molecule has 2 aromatic rings. The van der Waals surface area contributed by atoms with Crippen molar-refractivity contribution in [2.24, 2.45) is 0 Å². The number of halogens is 7. The summed E-state index contributed by atoms with van der Waals surface area (Å²) in [5.41, 5.74) is -4.39. The van der Waals surface area contributed by atoms with Crippen molar-refractivity contribution in [1.29, 1.82) is 0 Å². The number of nitrogens with zero attached hydrogens (tertiary/aromatic N) is 2. The first kappa shape index (κ1) is 34.6. The molecule has 0 radical (unpaired) electrons. The number of carbonyl (C=O) groups excluding carboxylic acids is 1. The van der Waals surface area contributed by atoms with Crippen LogP contribution in [0.5, 0.6) is 0 Å². The van der Waals surface area contributed by atoms with E-state index in [0.717, 1.165) is 45.4 Å². The topological polar surface area (TPSA) is 91.3 Å². The monoisotopic (exact) mass is 677 g/mol. The second-order valence-electron chi connectivity index (χ2n) is 10.4. The van der Waals surface area contributed by atoms with E-state index in [1.807, 2.05) is 24.3 Å². The number of carboxylic acid groups (broad SMARTS) is 1. The number of rotatable bonds is 11. The summed E-state index contributed by atoms with van der Waals surface area (Å²) in [5, 5.41) is 12.4. The smallest absolute Gasteiger partial charge is 0.418 e. The minimum atomic E-state index is -5.25. The summed E-state index contributed by atoms with van der Waals surface area (Å²) in [6, 6.07) is 8.88.